The maximum Gasteiger partial charge on any atom is 0.336 e. The molecular formula is C20H18O4S. The Bertz CT molecular complexity index is 873. The van der Waals surface area contributed by atoms with Crippen molar-refractivity contribution in [2.24, 2.45) is 11.8 Å². The highest BCUT2D eigenvalue weighted by atomic mass is 32.1. The Kier molecular flexibility index (Phi) is 3.84. The van der Waals surface area contributed by atoms with Gasteiger partial charge in [0, 0.05) is 27.2 Å². The van der Waals surface area contributed by atoms with Gasteiger partial charge in [0.1, 0.15) is 5.92 Å². The maximum absolute atomic E-state index is 12.8. The van der Waals surface area contributed by atoms with Gasteiger partial charge in [-0.25, -0.2) is 4.79 Å². The van der Waals surface area contributed by atoms with Crippen molar-refractivity contribution < 1.29 is 19.5 Å². The van der Waals surface area contributed by atoms with Crippen LogP contribution in [0, 0.1) is 18.8 Å². The van der Waals surface area contributed by atoms with Crippen molar-refractivity contribution >= 4 is 28.9 Å². The summed E-state index contributed by atoms with van der Waals surface area (Å²) in [6.07, 6.45) is 2.36. The number of hydrogen-bond acceptors (Lipinski definition) is 4. The van der Waals surface area contributed by atoms with Gasteiger partial charge in [0.25, 0.3) is 0 Å². The van der Waals surface area contributed by atoms with Gasteiger partial charge < -0.3 is 5.11 Å². The molecule has 2 bridgehead atoms. The number of hydrogen-bond donors (Lipinski definition) is 1. The molecule has 1 heterocycles. The van der Waals surface area contributed by atoms with Crippen molar-refractivity contribution in [3.8, 4) is 10.4 Å². The second-order valence-electron chi connectivity index (χ2n) is 6.92. The van der Waals surface area contributed by atoms with Gasteiger partial charge in [-0.2, -0.15) is 0 Å². The van der Waals surface area contributed by atoms with Crippen LogP contribution < -0.4 is 0 Å². The monoisotopic (exact) mass is 354 g/mol. The van der Waals surface area contributed by atoms with Gasteiger partial charge in [0.05, 0.1) is 5.56 Å². The van der Waals surface area contributed by atoms with Crippen LogP contribution in [0.2, 0.25) is 0 Å². The lowest BCUT2D eigenvalue weighted by atomic mass is 9.75. The molecule has 2 unspecified atom stereocenters. The Morgan fingerprint density at radius 2 is 1.76 bits per heavy atom. The molecule has 2 atom stereocenters. The minimum Gasteiger partial charge on any atom is -0.478 e. The van der Waals surface area contributed by atoms with Crippen LogP contribution in [-0.2, 0) is 9.59 Å². The number of carbonyl (C=O) groups excluding carboxylic acids is 2. The summed E-state index contributed by atoms with van der Waals surface area (Å²) >= 11 is 1.45. The topological polar surface area (TPSA) is 71.4 Å². The van der Waals surface area contributed by atoms with Gasteiger partial charge in [-0.3, -0.25) is 9.59 Å². The SMILES string of the molecule is Cc1sc(-c2ccccc2C(=O)O)cc1C1C(=O)C2CCC(C2)C1=O. The van der Waals surface area contributed by atoms with Crippen LogP contribution in [0.1, 0.15) is 46.0 Å². The molecule has 1 N–H and O–H groups in total. The number of aryl methyl sites for hydroxylation is 1. The maximum atomic E-state index is 12.8. The number of rotatable bonds is 3. The van der Waals surface area contributed by atoms with Crippen molar-refractivity contribution in [1.82, 2.24) is 0 Å². The summed E-state index contributed by atoms with van der Waals surface area (Å²) in [6, 6.07) is 8.69. The van der Waals surface area contributed by atoms with E-state index in [-0.39, 0.29) is 29.0 Å². The molecule has 0 aliphatic heterocycles. The second kappa shape index (κ2) is 5.92. The molecular weight excluding hydrogens is 336 g/mol. The number of thiophene rings is 1. The Hall–Kier alpha value is -2.27. The zero-order chi connectivity index (χ0) is 17.7. The summed E-state index contributed by atoms with van der Waals surface area (Å²) in [5.41, 5.74) is 1.64. The third kappa shape index (κ3) is 2.54. The molecule has 2 fully saturated rings. The van der Waals surface area contributed by atoms with E-state index in [0.717, 1.165) is 28.2 Å². The molecule has 0 radical (unpaired) electrons. The first kappa shape index (κ1) is 16.2. The lowest BCUT2D eigenvalue weighted by molar-refractivity contribution is -0.135. The highest BCUT2D eigenvalue weighted by Gasteiger charge is 2.48. The lowest BCUT2D eigenvalue weighted by Crippen LogP contribution is -2.34. The van der Waals surface area contributed by atoms with Crippen molar-refractivity contribution in [2.75, 3.05) is 0 Å². The van der Waals surface area contributed by atoms with E-state index in [0.29, 0.717) is 12.0 Å². The molecule has 2 aliphatic rings. The van der Waals surface area contributed by atoms with E-state index < -0.39 is 11.9 Å². The van der Waals surface area contributed by atoms with Gasteiger partial charge in [0.15, 0.2) is 11.6 Å². The first-order valence-corrected chi connectivity index (χ1v) is 9.29. The van der Waals surface area contributed by atoms with E-state index in [1.807, 2.05) is 13.0 Å². The van der Waals surface area contributed by atoms with Crippen LogP contribution in [0.4, 0.5) is 0 Å². The number of fused-ring (bicyclic) bond motifs is 2. The van der Waals surface area contributed by atoms with Gasteiger partial charge in [0.2, 0.25) is 0 Å². The minimum absolute atomic E-state index is 0.0155. The van der Waals surface area contributed by atoms with E-state index in [9.17, 15) is 19.5 Å². The summed E-state index contributed by atoms with van der Waals surface area (Å²) in [7, 11) is 0. The summed E-state index contributed by atoms with van der Waals surface area (Å²) in [5.74, 6) is -1.50. The molecule has 2 aromatic rings. The van der Waals surface area contributed by atoms with E-state index >= 15 is 0 Å². The third-order valence-electron chi connectivity index (χ3n) is 5.50. The standard InChI is InChI=1S/C20H18O4S/c1-10-15(17-18(21)11-6-7-12(8-11)19(17)22)9-16(25-10)13-4-2-3-5-14(13)20(23)24/h2-5,9,11-12,17H,6-8H2,1H3,(H,23,24). The molecule has 2 aliphatic carbocycles. The van der Waals surface area contributed by atoms with Crippen molar-refractivity contribution in [2.45, 2.75) is 32.1 Å². The first-order valence-electron chi connectivity index (χ1n) is 8.48. The number of benzene rings is 1. The minimum atomic E-state index is -0.980. The fraction of sp³-hybridized carbons (Fsp3) is 0.350. The molecule has 1 aromatic carbocycles. The van der Waals surface area contributed by atoms with Gasteiger partial charge in [-0.15, -0.1) is 11.3 Å². The molecule has 2 saturated carbocycles. The van der Waals surface area contributed by atoms with Crippen LogP contribution in [0.3, 0.4) is 0 Å². The molecule has 0 amide bonds. The predicted molar refractivity (Wildman–Crippen MR) is 95.0 cm³/mol. The highest BCUT2D eigenvalue weighted by molar-refractivity contribution is 7.15. The Labute approximate surface area is 149 Å². The zero-order valence-corrected chi connectivity index (χ0v) is 14.6. The highest BCUT2D eigenvalue weighted by Crippen LogP contribution is 2.46. The van der Waals surface area contributed by atoms with Crippen LogP contribution in [0.25, 0.3) is 10.4 Å². The molecule has 5 heteroatoms. The number of ketones is 2. The Morgan fingerprint density at radius 3 is 2.40 bits per heavy atom. The Morgan fingerprint density at radius 1 is 1.12 bits per heavy atom. The third-order valence-corrected chi connectivity index (χ3v) is 6.60. The molecule has 128 valence electrons. The number of Topliss-reactive ketones (excluding diaryl/α,β-unsaturated/α-hetero) is 2. The van der Waals surface area contributed by atoms with E-state index in [2.05, 4.69) is 0 Å². The quantitative estimate of drug-likeness (QED) is 0.843. The van der Waals surface area contributed by atoms with Crippen molar-refractivity contribution in [3.05, 3.63) is 46.3 Å². The van der Waals surface area contributed by atoms with Gasteiger partial charge >= 0.3 is 5.97 Å². The summed E-state index contributed by atoms with van der Waals surface area (Å²) in [6.45, 7) is 1.91. The molecule has 4 rings (SSSR count). The molecule has 0 saturated heterocycles. The average Bonchev–Trinajstić information content (AvgIpc) is 3.20. The van der Waals surface area contributed by atoms with E-state index in [4.69, 9.17) is 0 Å². The number of carboxylic acids is 1. The largest absolute Gasteiger partial charge is 0.478 e. The van der Waals surface area contributed by atoms with Crippen LogP contribution >= 0.6 is 11.3 Å². The van der Waals surface area contributed by atoms with E-state index in [1.54, 1.807) is 24.3 Å². The average molecular weight is 354 g/mol. The summed E-state index contributed by atoms with van der Waals surface area (Å²) in [4.78, 5) is 38.7. The normalized spacial score (nSPS) is 25.4. The number of aromatic carboxylic acids is 1. The van der Waals surface area contributed by atoms with Gasteiger partial charge in [-0.05, 0) is 43.9 Å². The first-order chi connectivity index (χ1) is 12.0. The second-order valence-corrected chi connectivity index (χ2v) is 8.17. The predicted octanol–water partition coefficient (Wildman–Crippen LogP) is 4.07. The lowest BCUT2D eigenvalue weighted by Gasteiger charge is -2.25. The fourth-order valence-electron chi connectivity index (χ4n) is 4.22. The smallest absolute Gasteiger partial charge is 0.336 e. The zero-order valence-electron chi connectivity index (χ0n) is 13.8. The molecule has 4 nitrogen and oxygen atoms in total. The van der Waals surface area contributed by atoms with Crippen LogP contribution in [0.15, 0.2) is 30.3 Å². The fourth-order valence-corrected chi connectivity index (χ4v) is 5.31. The van der Waals surface area contributed by atoms with Crippen molar-refractivity contribution in [1.29, 1.82) is 0 Å². The van der Waals surface area contributed by atoms with Crippen molar-refractivity contribution in [3.63, 3.8) is 0 Å². The van der Waals surface area contributed by atoms with Crippen LogP contribution in [-0.4, -0.2) is 22.6 Å². The number of carboxylic acid groups (broad SMARTS) is 1. The number of carbonyl (C=O) groups is 3. The molecule has 25 heavy (non-hydrogen) atoms. The molecule has 1 aromatic heterocycles. The van der Waals surface area contributed by atoms with Crippen LogP contribution in [0.5, 0.6) is 0 Å². The Balaban J connectivity index is 1.78. The summed E-state index contributed by atoms with van der Waals surface area (Å²) in [5, 5.41) is 9.41. The molecule has 0 spiro atoms. The van der Waals surface area contributed by atoms with E-state index in [1.165, 1.54) is 11.3 Å². The summed E-state index contributed by atoms with van der Waals surface area (Å²) < 4.78 is 0. The van der Waals surface area contributed by atoms with Gasteiger partial charge in [-0.1, -0.05) is 18.2 Å².